The third-order valence-corrected chi connectivity index (χ3v) is 6.12. The summed E-state index contributed by atoms with van der Waals surface area (Å²) in [6, 6.07) is 15.4. The highest BCUT2D eigenvalue weighted by Crippen LogP contribution is 2.32. The Morgan fingerprint density at radius 2 is 1.44 bits per heavy atom. The number of benzene rings is 2. The van der Waals surface area contributed by atoms with Crippen LogP contribution in [0.1, 0.15) is 87.9 Å². The predicted octanol–water partition coefficient (Wildman–Crippen LogP) is 6.61. The van der Waals surface area contributed by atoms with Crippen molar-refractivity contribution < 1.29 is 9.59 Å². The molecule has 0 aromatic heterocycles. The SMILES string of the molecule is Br.CC(C)c1cccc(C(C)C)c1NC(=O)NCC(NC(=O)CCCCCN(C)C)c1ccccc1. The molecule has 2 aromatic rings. The zero-order valence-corrected chi connectivity index (χ0v) is 24.5. The summed E-state index contributed by atoms with van der Waals surface area (Å²) in [4.78, 5) is 27.8. The molecule has 36 heavy (non-hydrogen) atoms. The average molecular weight is 562 g/mol. The molecule has 1 atom stereocenters. The fraction of sp³-hybridized carbons (Fsp3) is 0.517. The van der Waals surface area contributed by atoms with Crippen LogP contribution in [0.2, 0.25) is 0 Å². The number of anilines is 1. The van der Waals surface area contributed by atoms with Crippen molar-refractivity contribution in [2.24, 2.45) is 0 Å². The van der Waals surface area contributed by atoms with Crippen molar-refractivity contribution in [1.29, 1.82) is 0 Å². The number of carbonyl (C=O) groups excluding carboxylic acids is 2. The van der Waals surface area contributed by atoms with E-state index < -0.39 is 0 Å². The Hall–Kier alpha value is -2.38. The van der Waals surface area contributed by atoms with Crippen molar-refractivity contribution in [2.45, 2.75) is 71.3 Å². The fourth-order valence-electron chi connectivity index (χ4n) is 4.14. The van der Waals surface area contributed by atoms with Crippen molar-refractivity contribution in [3.8, 4) is 0 Å². The van der Waals surface area contributed by atoms with Crippen LogP contribution in [0.15, 0.2) is 48.5 Å². The second-order valence-corrected chi connectivity index (χ2v) is 10.1. The van der Waals surface area contributed by atoms with E-state index in [1.165, 1.54) is 0 Å². The number of nitrogens with one attached hydrogen (secondary N) is 3. The highest BCUT2D eigenvalue weighted by Gasteiger charge is 2.18. The Bertz CT molecular complexity index is 906. The van der Waals surface area contributed by atoms with E-state index in [9.17, 15) is 9.59 Å². The molecule has 0 bridgehead atoms. The van der Waals surface area contributed by atoms with Gasteiger partial charge in [-0.2, -0.15) is 0 Å². The molecule has 6 nitrogen and oxygen atoms in total. The molecule has 0 aliphatic rings. The van der Waals surface area contributed by atoms with Crippen LogP contribution in [-0.4, -0.2) is 44.0 Å². The lowest BCUT2D eigenvalue weighted by atomic mass is 9.93. The van der Waals surface area contributed by atoms with Gasteiger partial charge in [0.05, 0.1) is 6.04 Å². The number of hydrogen-bond acceptors (Lipinski definition) is 3. The van der Waals surface area contributed by atoms with Gasteiger partial charge in [0.1, 0.15) is 0 Å². The van der Waals surface area contributed by atoms with Gasteiger partial charge in [-0.1, -0.05) is 82.6 Å². The van der Waals surface area contributed by atoms with Crippen molar-refractivity contribution in [2.75, 3.05) is 32.5 Å². The van der Waals surface area contributed by atoms with E-state index in [2.05, 4.69) is 80.8 Å². The molecule has 2 aromatic carbocycles. The fourth-order valence-corrected chi connectivity index (χ4v) is 4.14. The van der Waals surface area contributed by atoms with E-state index in [-0.39, 0.29) is 46.8 Å². The minimum absolute atomic E-state index is 0. The van der Waals surface area contributed by atoms with E-state index in [0.29, 0.717) is 13.0 Å². The molecule has 1 unspecified atom stereocenters. The molecular formula is C29H45BrN4O2. The summed E-state index contributed by atoms with van der Waals surface area (Å²) < 4.78 is 0. The molecule has 2 rings (SSSR count). The zero-order valence-electron chi connectivity index (χ0n) is 22.8. The first kappa shape index (κ1) is 31.6. The van der Waals surface area contributed by atoms with Crippen LogP contribution >= 0.6 is 17.0 Å². The van der Waals surface area contributed by atoms with Gasteiger partial charge < -0.3 is 20.9 Å². The van der Waals surface area contributed by atoms with E-state index >= 15 is 0 Å². The van der Waals surface area contributed by atoms with Gasteiger partial charge in [-0.3, -0.25) is 4.79 Å². The second kappa shape index (κ2) is 16.4. The average Bonchev–Trinajstić information content (AvgIpc) is 2.81. The monoisotopic (exact) mass is 560 g/mol. The number of hydrogen-bond donors (Lipinski definition) is 3. The van der Waals surface area contributed by atoms with Crippen LogP contribution in [0.5, 0.6) is 0 Å². The molecule has 7 heteroatoms. The van der Waals surface area contributed by atoms with Crippen molar-refractivity contribution in [1.82, 2.24) is 15.5 Å². The van der Waals surface area contributed by atoms with Crippen molar-refractivity contribution in [3.05, 3.63) is 65.2 Å². The third kappa shape index (κ3) is 10.7. The maximum absolute atomic E-state index is 12.9. The summed E-state index contributed by atoms with van der Waals surface area (Å²) in [5.74, 6) is 0.592. The number of urea groups is 1. The van der Waals surface area contributed by atoms with Gasteiger partial charge in [-0.25, -0.2) is 4.79 Å². The lowest BCUT2D eigenvalue weighted by Crippen LogP contribution is -2.39. The van der Waals surface area contributed by atoms with Gasteiger partial charge in [-0.15, -0.1) is 17.0 Å². The van der Waals surface area contributed by atoms with E-state index in [0.717, 1.165) is 48.2 Å². The number of carbonyl (C=O) groups is 2. The molecule has 3 N–H and O–H groups in total. The normalized spacial score (nSPS) is 11.8. The molecule has 200 valence electrons. The maximum atomic E-state index is 12.9. The van der Waals surface area contributed by atoms with Crippen molar-refractivity contribution >= 4 is 34.6 Å². The Morgan fingerprint density at radius 1 is 0.833 bits per heavy atom. The third-order valence-electron chi connectivity index (χ3n) is 6.12. The summed E-state index contributed by atoms with van der Waals surface area (Å²) in [6.07, 6.45) is 3.46. The molecule has 0 radical (unpaired) electrons. The molecule has 0 aliphatic carbocycles. The molecule has 0 saturated heterocycles. The number of unbranched alkanes of at least 4 members (excludes halogenated alkanes) is 2. The van der Waals surface area contributed by atoms with Crippen LogP contribution in [-0.2, 0) is 4.79 Å². The lowest BCUT2D eigenvalue weighted by molar-refractivity contribution is -0.121. The highest BCUT2D eigenvalue weighted by atomic mass is 79.9. The van der Waals surface area contributed by atoms with Gasteiger partial charge in [0, 0.05) is 18.7 Å². The summed E-state index contributed by atoms with van der Waals surface area (Å²) in [7, 11) is 4.12. The second-order valence-electron chi connectivity index (χ2n) is 10.1. The quantitative estimate of drug-likeness (QED) is 0.241. The van der Waals surface area contributed by atoms with Crippen LogP contribution < -0.4 is 16.0 Å². The predicted molar refractivity (Wildman–Crippen MR) is 156 cm³/mol. The van der Waals surface area contributed by atoms with Gasteiger partial charge in [0.15, 0.2) is 0 Å². The number of halogens is 1. The zero-order chi connectivity index (χ0) is 25.8. The highest BCUT2D eigenvalue weighted by molar-refractivity contribution is 8.93. The minimum Gasteiger partial charge on any atom is -0.348 e. The smallest absolute Gasteiger partial charge is 0.319 e. The standard InChI is InChI=1S/C29H44N4O2.BrH/c1-21(2)24-16-13-17-25(22(3)4)28(24)32-29(35)30-20-26(23-14-9-7-10-15-23)31-27(34)18-11-8-12-19-33(5)6;/h7,9-10,13-17,21-22,26H,8,11-12,18-20H2,1-6H3,(H,31,34)(H2,30,32,35);1H. The van der Waals surface area contributed by atoms with Crippen molar-refractivity contribution in [3.63, 3.8) is 0 Å². The summed E-state index contributed by atoms with van der Waals surface area (Å²) >= 11 is 0. The Kier molecular flexibility index (Phi) is 14.4. The summed E-state index contributed by atoms with van der Waals surface area (Å²) in [6.45, 7) is 9.86. The molecular weight excluding hydrogens is 516 g/mol. The largest absolute Gasteiger partial charge is 0.348 e. The molecule has 0 heterocycles. The maximum Gasteiger partial charge on any atom is 0.319 e. The summed E-state index contributed by atoms with van der Waals surface area (Å²) in [5.41, 5.74) is 4.09. The van der Waals surface area contributed by atoms with E-state index in [1.807, 2.05) is 30.3 Å². The molecule has 3 amide bonds. The number of rotatable bonds is 13. The van der Waals surface area contributed by atoms with E-state index in [1.54, 1.807) is 0 Å². The minimum atomic E-state index is -0.291. The number of para-hydroxylation sites is 1. The van der Waals surface area contributed by atoms with Crippen LogP contribution in [0.3, 0.4) is 0 Å². The Balaban J connectivity index is 0.00000648. The number of amides is 3. The Morgan fingerprint density at radius 3 is 2.00 bits per heavy atom. The first-order valence-corrected chi connectivity index (χ1v) is 12.9. The van der Waals surface area contributed by atoms with Gasteiger partial charge >= 0.3 is 6.03 Å². The van der Waals surface area contributed by atoms with Crippen LogP contribution in [0.25, 0.3) is 0 Å². The molecule has 0 saturated carbocycles. The molecule has 0 fully saturated rings. The number of nitrogens with zero attached hydrogens (tertiary/aromatic N) is 1. The van der Waals surface area contributed by atoms with Gasteiger partial charge in [0.2, 0.25) is 5.91 Å². The van der Waals surface area contributed by atoms with Crippen LogP contribution in [0.4, 0.5) is 10.5 Å². The van der Waals surface area contributed by atoms with Gasteiger partial charge in [0.25, 0.3) is 0 Å². The van der Waals surface area contributed by atoms with Crippen LogP contribution in [0, 0.1) is 0 Å². The topological polar surface area (TPSA) is 73.5 Å². The lowest BCUT2D eigenvalue weighted by Gasteiger charge is -2.22. The molecule has 0 aliphatic heterocycles. The molecule has 0 spiro atoms. The summed E-state index contributed by atoms with van der Waals surface area (Å²) in [5, 5.41) is 9.20. The first-order chi connectivity index (χ1) is 16.7. The van der Waals surface area contributed by atoms with E-state index in [4.69, 9.17) is 0 Å². The first-order valence-electron chi connectivity index (χ1n) is 12.9. The Labute approximate surface area is 228 Å². The van der Waals surface area contributed by atoms with Gasteiger partial charge in [-0.05, 0) is 62.0 Å².